The fourth-order valence-electron chi connectivity index (χ4n) is 2.15. The highest BCUT2D eigenvalue weighted by Gasteiger charge is 2.28. The smallest absolute Gasteiger partial charge is 0.252 e. The van der Waals surface area contributed by atoms with E-state index in [1.165, 1.54) is 12.8 Å². The first-order valence-electron chi connectivity index (χ1n) is 6.25. The summed E-state index contributed by atoms with van der Waals surface area (Å²) in [4.78, 5) is 12.1. The number of thiophene rings is 1. The summed E-state index contributed by atoms with van der Waals surface area (Å²) in [6, 6.07) is 8.08. The van der Waals surface area contributed by atoms with E-state index < -0.39 is 0 Å². The molecule has 0 saturated heterocycles. The molecule has 19 heavy (non-hydrogen) atoms. The second-order valence-electron chi connectivity index (χ2n) is 4.86. The van der Waals surface area contributed by atoms with Crippen molar-refractivity contribution in [3.05, 3.63) is 35.2 Å². The molecule has 0 bridgehead atoms. The number of carbonyl (C=O) groups is 1. The average Bonchev–Trinajstić information content (AvgIpc) is 3.15. The van der Waals surface area contributed by atoms with Crippen LogP contribution in [-0.2, 0) is 0 Å². The minimum atomic E-state index is -0.0106. The van der Waals surface area contributed by atoms with Crippen molar-refractivity contribution in [1.82, 2.24) is 5.32 Å². The Bertz CT molecular complexity index is 580. The molecule has 5 heteroatoms. The summed E-state index contributed by atoms with van der Waals surface area (Å²) in [5.41, 5.74) is 6.74. The third-order valence-electron chi connectivity index (χ3n) is 3.45. The largest absolute Gasteiger partial charge is 0.350 e. The molecule has 0 radical (unpaired) electrons. The van der Waals surface area contributed by atoms with Crippen LogP contribution in [0.25, 0.3) is 10.1 Å². The van der Waals surface area contributed by atoms with Gasteiger partial charge in [-0.1, -0.05) is 18.2 Å². The van der Waals surface area contributed by atoms with Gasteiger partial charge in [0.25, 0.3) is 5.91 Å². The SMILES string of the molecule is Cl.NC(CNC(=O)c1csc2ccccc12)C1CC1. The highest BCUT2D eigenvalue weighted by molar-refractivity contribution is 7.17. The molecule has 1 fully saturated rings. The molecule has 3 N–H and O–H groups in total. The van der Waals surface area contributed by atoms with E-state index in [4.69, 9.17) is 5.73 Å². The van der Waals surface area contributed by atoms with Gasteiger partial charge in [0.2, 0.25) is 0 Å². The maximum atomic E-state index is 12.1. The number of hydrogen-bond acceptors (Lipinski definition) is 3. The van der Waals surface area contributed by atoms with Crippen molar-refractivity contribution in [3.63, 3.8) is 0 Å². The summed E-state index contributed by atoms with van der Waals surface area (Å²) >= 11 is 1.60. The van der Waals surface area contributed by atoms with Crippen molar-refractivity contribution >= 4 is 39.7 Å². The monoisotopic (exact) mass is 296 g/mol. The Kier molecular flexibility index (Phi) is 4.45. The van der Waals surface area contributed by atoms with Crippen LogP contribution < -0.4 is 11.1 Å². The first-order valence-corrected chi connectivity index (χ1v) is 7.13. The standard InChI is InChI=1S/C14H16N2OS.ClH/c15-12(9-5-6-9)7-16-14(17)11-8-18-13-4-2-1-3-10(11)13;/h1-4,8-9,12H,5-7,15H2,(H,16,17);1H. The van der Waals surface area contributed by atoms with Crippen LogP contribution in [0.2, 0.25) is 0 Å². The maximum Gasteiger partial charge on any atom is 0.252 e. The van der Waals surface area contributed by atoms with Crippen LogP contribution in [0.1, 0.15) is 23.2 Å². The summed E-state index contributed by atoms with van der Waals surface area (Å²) < 4.78 is 1.15. The first kappa shape index (κ1) is 14.3. The van der Waals surface area contributed by atoms with Crippen molar-refractivity contribution in [2.24, 2.45) is 11.7 Å². The molecule has 0 spiro atoms. The van der Waals surface area contributed by atoms with Crippen LogP contribution in [0.15, 0.2) is 29.6 Å². The number of amides is 1. The fraction of sp³-hybridized carbons (Fsp3) is 0.357. The Hall–Kier alpha value is -1.10. The molecule has 3 nitrogen and oxygen atoms in total. The van der Waals surface area contributed by atoms with E-state index in [-0.39, 0.29) is 24.4 Å². The van der Waals surface area contributed by atoms with Crippen LogP contribution in [0.5, 0.6) is 0 Å². The molecule has 1 aromatic heterocycles. The zero-order valence-electron chi connectivity index (χ0n) is 10.5. The Morgan fingerprint density at radius 1 is 1.42 bits per heavy atom. The zero-order valence-corrected chi connectivity index (χ0v) is 12.1. The second-order valence-corrected chi connectivity index (χ2v) is 5.77. The van der Waals surface area contributed by atoms with Gasteiger partial charge in [-0.2, -0.15) is 0 Å². The Morgan fingerprint density at radius 3 is 2.89 bits per heavy atom. The maximum absolute atomic E-state index is 12.1. The molecule has 1 heterocycles. The lowest BCUT2D eigenvalue weighted by Gasteiger charge is -2.11. The van der Waals surface area contributed by atoms with Crippen molar-refractivity contribution < 1.29 is 4.79 Å². The van der Waals surface area contributed by atoms with E-state index in [1.807, 2.05) is 29.6 Å². The van der Waals surface area contributed by atoms with Gasteiger partial charge in [-0.15, -0.1) is 23.7 Å². The fourth-order valence-corrected chi connectivity index (χ4v) is 3.09. The number of carbonyl (C=O) groups excluding carboxylic acids is 1. The average molecular weight is 297 g/mol. The molecule has 1 amide bonds. The molecule has 3 rings (SSSR count). The van der Waals surface area contributed by atoms with Gasteiger partial charge in [0.1, 0.15) is 0 Å². The highest BCUT2D eigenvalue weighted by Crippen LogP contribution is 2.31. The van der Waals surface area contributed by atoms with E-state index in [1.54, 1.807) is 11.3 Å². The van der Waals surface area contributed by atoms with Gasteiger partial charge < -0.3 is 11.1 Å². The van der Waals surface area contributed by atoms with Crippen molar-refractivity contribution in [3.8, 4) is 0 Å². The lowest BCUT2D eigenvalue weighted by Crippen LogP contribution is -2.38. The van der Waals surface area contributed by atoms with E-state index in [9.17, 15) is 4.79 Å². The van der Waals surface area contributed by atoms with E-state index in [0.29, 0.717) is 12.5 Å². The molecule has 1 atom stereocenters. The number of benzene rings is 1. The number of rotatable bonds is 4. The van der Waals surface area contributed by atoms with Gasteiger partial charge in [-0.3, -0.25) is 4.79 Å². The number of nitrogens with two attached hydrogens (primary N) is 1. The number of hydrogen-bond donors (Lipinski definition) is 2. The normalized spacial score (nSPS) is 15.8. The van der Waals surface area contributed by atoms with E-state index in [2.05, 4.69) is 5.32 Å². The quantitative estimate of drug-likeness (QED) is 0.911. The van der Waals surface area contributed by atoms with E-state index >= 15 is 0 Å². The van der Waals surface area contributed by atoms with Crippen LogP contribution in [-0.4, -0.2) is 18.5 Å². The van der Waals surface area contributed by atoms with Crippen molar-refractivity contribution in [1.29, 1.82) is 0 Å². The van der Waals surface area contributed by atoms with Gasteiger partial charge in [-0.25, -0.2) is 0 Å². The Morgan fingerprint density at radius 2 is 2.16 bits per heavy atom. The molecule has 1 aliphatic rings. The predicted octanol–water partition coefficient (Wildman–Crippen LogP) is 2.79. The zero-order chi connectivity index (χ0) is 12.5. The van der Waals surface area contributed by atoms with Crippen LogP contribution >= 0.6 is 23.7 Å². The highest BCUT2D eigenvalue weighted by atomic mass is 35.5. The lowest BCUT2D eigenvalue weighted by atomic mass is 10.1. The Balaban J connectivity index is 0.00000133. The molecule has 2 aromatic rings. The van der Waals surface area contributed by atoms with Gasteiger partial charge in [0.05, 0.1) is 5.56 Å². The number of nitrogens with one attached hydrogen (secondary N) is 1. The molecule has 1 unspecified atom stereocenters. The van der Waals surface area contributed by atoms with Gasteiger partial charge in [0, 0.05) is 28.1 Å². The topological polar surface area (TPSA) is 55.1 Å². The first-order chi connectivity index (χ1) is 8.75. The molecule has 0 aliphatic heterocycles. The van der Waals surface area contributed by atoms with Gasteiger partial charge >= 0.3 is 0 Å². The summed E-state index contributed by atoms with van der Waals surface area (Å²) in [5, 5.41) is 5.89. The van der Waals surface area contributed by atoms with Crippen molar-refractivity contribution in [2.75, 3.05) is 6.54 Å². The summed E-state index contributed by atoms with van der Waals surface area (Å²) in [6.07, 6.45) is 2.41. The summed E-state index contributed by atoms with van der Waals surface area (Å²) in [7, 11) is 0. The molecule has 1 aliphatic carbocycles. The Labute approximate surface area is 122 Å². The number of halogens is 1. The minimum absolute atomic E-state index is 0. The third-order valence-corrected chi connectivity index (χ3v) is 4.41. The number of fused-ring (bicyclic) bond motifs is 1. The summed E-state index contributed by atoms with van der Waals surface area (Å²) in [5.74, 6) is 0.605. The van der Waals surface area contributed by atoms with Crippen LogP contribution in [0, 0.1) is 5.92 Å². The lowest BCUT2D eigenvalue weighted by molar-refractivity contribution is 0.0952. The molecule has 1 aromatic carbocycles. The van der Waals surface area contributed by atoms with Crippen LogP contribution in [0.4, 0.5) is 0 Å². The third kappa shape index (κ3) is 3.08. The predicted molar refractivity (Wildman–Crippen MR) is 82.1 cm³/mol. The minimum Gasteiger partial charge on any atom is -0.350 e. The van der Waals surface area contributed by atoms with Crippen LogP contribution in [0.3, 0.4) is 0 Å². The molecular weight excluding hydrogens is 280 g/mol. The molecular formula is C14H17ClN2OS. The van der Waals surface area contributed by atoms with E-state index in [0.717, 1.165) is 15.6 Å². The van der Waals surface area contributed by atoms with Gasteiger partial charge in [0.15, 0.2) is 0 Å². The second kappa shape index (κ2) is 5.90. The molecule has 1 saturated carbocycles. The molecule has 102 valence electrons. The summed E-state index contributed by atoms with van der Waals surface area (Å²) in [6.45, 7) is 0.577. The van der Waals surface area contributed by atoms with Gasteiger partial charge in [-0.05, 0) is 24.8 Å². The van der Waals surface area contributed by atoms with Crippen molar-refractivity contribution in [2.45, 2.75) is 18.9 Å².